The van der Waals surface area contributed by atoms with Gasteiger partial charge in [0.2, 0.25) is 0 Å². The largest absolute Gasteiger partial charge is 0.459 e. The molecular formula is C19H22O8. The Bertz CT molecular complexity index is 714. The van der Waals surface area contributed by atoms with Gasteiger partial charge in [0.15, 0.2) is 17.8 Å². The highest BCUT2D eigenvalue weighted by Gasteiger charge is 2.53. The van der Waals surface area contributed by atoms with Crippen LogP contribution in [0, 0.1) is 0 Å². The van der Waals surface area contributed by atoms with Crippen molar-refractivity contribution in [3.8, 4) is 0 Å². The van der Waals surface area contributed by atoms with Crippen LogP contribution < -0.4 is 0 Å². The predicted molar refractivity (Wildman–Crippen MR) is 92.7 cm³/mol. The maximum Gasteiger partial charge on any atom is 0.338 e. The molecule has 1 aliphatic rings. The number of esters is 3. The summed E-state index contributed by atoms with van der Waals surface area (Å²) in [5.41, 5.74) is -1.67. The van der Waals surface area contributed by atoms with Crippen LogP contribution >= 0.6 is 0 Å². The zero-order chi connectivity index (χ0) is 20.0. The SMILES string of the molecule is CO[C@@H]1C=C[C@@H](OC(C)=O)[C@H](OC(C)=O)[C@]1(O)COC(=O)c1ccccc1. The van der Waals surface area contributed by atoms with E-state index in [1.54, 1.807) is 30.3 Å². The van der Waals surface area contributed by atoms with E-state index < -0.39 is 48.4 Å². The molecule has 0 bridgehead atoms. The maximum atomic E-state index is 12.2. The van der Waals surface area contributed by atoms with E-state index in [4.69, 9.17) is 18.9 Å². The van der Waals surface area contributed by atoms with Crippen molar-refractivity contribution in [3.63, 3.8) is 0 Å². The Labute approximate surface area is 156 Å². The third kappa shape index (κ3) is 4.93. The summed E-state index contributed by atoms with van der Waals surface area (Å²) in [6, 6.07) is 8.21. The lowest BCUT2D eigenvalue weighted by Crippen LogP contribution is -2.63. The Hall–Kier alpha value is -2.71. The van der Waals surface area contributed by atoms with Gasteiger partial charge < -0.3 is 24.1 Å². The average molecular weight is 378 g/mol. The van der Waals surface area contributed by atoms with Crippen molar-refractivity contribution >= 4 is 17.9 Å². The van der Waals surface area contributed by atoms with Crippen molar-refractivity contribution in [2.75, 3.05) is 13.7 Å². The van der Waals surface area contributed by atoms with Crippen molar-refractivity contribution in [2.45, 2.75) is 37.8 Å². The van der Waals surface area contributed by atoms with Gasteiger partial charge in [0, 0.05) is 21.0 Å². The van der Waals surface area contributed by atoms with Gasteiger partial charge in [-0.1, -0.05) is 24.3 Å². The van der Waals surface area contributed by atoms with Gasteiger partial charge in [0.05, 0.1) is 5.56 Å². The van der Waals surface area contributed by atoms with Crippen LogP contribution in [0.25, 0.3) is 0 Å². The van der Waals surface area contributed by atoms with Crippen LogP contribution in [-0.4, -0.2) is 60.6 Å². The Morgan fingerprint density at radius 1 is 1.04 bits per heavy atom. The molecule has 0 aliphatic heterocycles. The van der Waals surface area contributed by atoms with Gasteiger partial charge in [-0.3, -0.25) is 9.59 Å². The highest BCUT2D eigenvalue weighted by molar-refractivity contribution is 5.89. The molecule has 4 atom stereocenters. The van der Waals surface area contributed by atoms with Crippen molar-refractivity contribution in [1.82, 2.24) is 0 Å². The summed E-state index contributed by atoms with van der Waals surface area (Å²) in [5, 5.41) is 11.2. The van der Waals surface area contributed by atoms with E-state index in [9.17, 15) is 19.5 Å². The maximum absolute atomic E-state index is 12.2. The Kier molecular flexibility index (Phi) is 6.70. The van der Waals surface area contributed by atoms with Crippen LogP contribution in [-0.2, 0) is 28.5 Å². The summed E-state index contributed by atoms with van der Waals surface area (Å²) in [4.78, 5) is 35.1. The topological polar surface area (TPSA) is 108 Å². The smallest absolute Gasteiger partial charge is 0.338 e. The van der Waals surface area contributed by atoms with Crippen LogP contribution in [0.1, 0.15) is 24.2 Å². The van der Waals surface area contributed by atoms with Gasteiger partial charge in [-0.2, -0.15) is 0 Å². The molecule has 0 fully saturated rings. The zero-order valence-corrected chi connectivity index (χ0v) is 15.3. The number of carbonyl (C=O) groups is 3. The monoisotopic (exact) mass is 378 g/mol. The number of hydrogen-bond acceptors (Lipinski definition) is 8. The quantitative estimate of drug-likeness (QED) is 0.444. The number of hydrogen-bond donors (Lipinski definition) is 1. The summed E-state index contributed by atoms with van der Waals surface area (Å²) in [6.45, 7) is 1.80. The molecule has 0 saturated carbocycles. The number of carbonyl (C=O) groups excluding carboxylic acids is 3. The number of aliphatic hydroxyl groups is 1. The molecule has 0 amide bonds. The van der Waals surface area contributed by atoms with Crippen LogP contribution in [0.4, 0.5) is 0 Å². The summed E-state index contributed by atoms with van der Waals surface area (Å²) < 4.78 is 20.8. The van der Waals surface area contributed by atoms with Crippen LogP contribution in [0.15, 0.2) is 42.5 Å². The van der Waals surface area contributed by atoms with Crippen LogP contribution in [0.2, 0.25) is 0 Å². The predicted octanol–water partition coefficient (Wildman–Crippen LogP) is 1.02. The molecule has 27 heavy (non-hydrogen) atoms. The Morgan fingerprint density at radius 3 is 2.22 bits per heavy atom. The third-order valence-corrected chi connectivity index (χ3v) is 4.05. The second kappa shape index (κ2) is 8.79. The molecular weight excluding hydrogens is 356 g/mol. The highest BCUT2D eigenvalue weighted by atomic mass is 16.6. The standard InChI is InChI=1S/C19H22O8/c1-12(20)26-15-9-10-16(24-3)19(23,17(15)27-13(2)21)11-25-18(22)14-7-5-4-6-8-14/h4-10,15-17,23H,11H2,1-3H3/t15-,16-,17+,19+/m1/s1. The van der Waals surface area contributed by atoms with Crippen LogP contribution in [0.3, 0.4) is 0 Å². The van der Waals surface area contributed by atoms with Gasteiger partial charge in [-0.05, 0) is 18.2 Å². The minimum absolute atomic E-state index is 0.294. The summed E-state index contributed by atoms with van der Waals surface area (Å²) in [7, 11) is 1.34. The molecule has 0 unspecified atom stereocenters. The van der Waals surface area contributed by atoms with Gasteiger partial charge in [0.1, 0.15) is 12.7 Å². The van der Waals surface area contributed by atoms with E-state index in [1.807, 2.05) is 0 Å². The van der Waals surface area contributed by atoms with Gasteiger partial charge >= 0.3 is 17.9 Å². The first kappa shape index (κ1) is 20.6. The number of methoxy groups -OCH3 is 1. The van der Waals surface area contributed by atoms with Gasteiger partial charge in [-0.15, -0.1) is 0 Å². The van der Waals surface area contributed by atoms with E-state index in [-0.39, 0.29) is 0 Å². The van der Waals surface area contributed by atoms with Crippen molar-refractivity contribution in [1.29, 1.82) is 0 Å². The van der Waals surface area contributed by atoms with E-state index in [0.29, 0.717) is 5.56 Å². The lowest BCUT2D eigenvalue weighted by atomic mass is 9.82. The van der Waals surface area contributed by atoms with Gasteiger partial charge in [0.25, 0.3) is 0 Å². The Morgan fingerprint density at radius 2 is 1.67 bits per heavy atom. The molecule has 0 aromatic heterocycles. The molecule has 1 aliphatic carbocycles. The normalized spacial score (nSPS) is 26.9. The number of rotatable bonds is 6. The molecule has 146 valence electrons. The molecule has 0 saturated heterocycles. The zero-order valence-electron chi connectivity index (χ0n) is 15.3. The fraction of sp³-hybridized carbons (Fsp3) is 0.421. The van der Waals surface area contributed by atoms with E-state index in [1.165, 1.54) is 26.2 Å². The first-order valence-corrected chi connectivity index (χ1v) is 8.28. The van der Waals surface area contributed by atoms with E-state index in [0.717, 1.165) is 6.92 Å². The molecule has 1 aromatic carbocycles. The molecule has 1 aromatic rings. The summed E-state index contributed by atoms with van der Waals surface area (Å²) in [5.74, 6) is -1.99. The lowest BCUT2D eigenvalue weighted by molar-refractivity contribution is -0.214. The van der Waals surface area contributed by atoms with Crippen molar-refractivity contribution in [3.05, 3.63) is 48.0 Å². The molecule has 2 rings (SSSR count). The van der Waals surface area contributed by atoms with Gasteiger partial charge in [-0.25, -0.2) is 4.79 Å². The lowest BCUT2D eigenvalue weighted by Gasteiger charge is -2.43. The fourth-order valence-electron chi connectivity index (χ4n) is 2.85. The van der Waals surface area contributed by atoms with Crippen molar-refractivity contribution < 1.29 is 38.4 Å². The minimum Gasteiger partial charge on any atom is -0.459 e. The van der Waals surface area contributed by atoms with Crippen molar-refractivity contribution in [2.24, 2.45) is 0 Å². The summed E-state index contributed by atoms with van der Waals surface area (Å²) in [6.07, 6.45) is -0.423. The number of benzene rings is 1. The molecule has 0 radical (unpaired) electrons. The fourth-order valence-corrected chi connectivity index (χ4v) is 2.85. The molecule has 0 spiro atoms. The molecule has 8 nitrogen and oxygen atoms in total. The Balaban J connectivity index is 2.27. The average Bonchev–Trinajstić information content (AvgIpc) is 2.63. The second-order valence-electron chi connectivity index (χ2n) is 6.08. The second-order valence-corrected chi connectivity index (χ2v) is 6.08. The molecule has 0 heterocycles. The number of ether oxygens (including phenoxy) is 4. The van der Waals surface area contributed by atoms with E-state index in [2.05, 4.69) is 0 Å². The molecule has 8 heteroatoms. The van der Waals surface area contributed by atoms with E-state index >= 15 is 0 Å². The molecule has 1 N–H and O–H groups in total. The first-order chi connectivity index (χ1) is 12.8. The summed E-state index contributed by atoms with van der Waals surface area (Å²) >= 11 is 0. The minimum atomic E-state index is -1.96. The van der Waals surface area contributed by atoms with Crippen LogP contribution in [0.5, 0.6) is 0 Å². The third-order valence-electron chi connectivity index (χ3n) is 4.05. The highest BCUT2D eigenvalue weighted by Crippen LogP contribution is 2.32. The first-order valence-electron chi connectivity index (χ1n) is 8.28.